The minimum Gasteiger partial charge on any atom is -0.395 e. The van der Waals surface area contributed by atoms with Gasteiger partial charge in [-0.1, -0.05) is 106 Å². The first-order valence-electron chi connectivity index (χ1n) is 13.5. The molecule has 2 atom stereocenters. The molecule has 1 aliphatic rings. The van der Waals surface area contributed by atoms with Crippen molar-refractivity contribution in [2.45, 2.75) is 119 Å². The lowest BCUT2D eigenvalue weighted by Crippen LogP contribution is -2.66. The summed E-state index contributed by atoms with van der Waals surface area (Å²) in [6, 6.07) is 14.6. The molecule has 0 unspecified atom stereocenters. The molecule has 0 saturated carbocycles. The van der Waals surface area contributed by atoms with Gasteiger partial charge < -0.3 is 9.62 Å². The summed E-state index contributed by atoms with van der Waals surface area (Å²) in [7, 11) is 2.46. The smallest absolute Gasteiger partial charge is 0.391 e. The number of hydrogen-bond donors (Lipinski definition) is 0. The van der Waals surface area contributed by atoms with Crippen molar-refractivity contribution in [2.24, 2.45) is 5.41 Å². The predicted molar refractivity (Wildman–Crippen MR) is 153 cm³/mol. The number of para-hydroxylation sites is 2. The highest BCUT2D eigenvalue weighted by molar-refractivity contribution is 6.48. The number of nitrogens with zero attached hydrogens (tertiary/aromatic N) is 2. The Balaban J connectivity index is 2.28. The Kier molecular flexibility index (Phi) is 7.85. The number of benzene rings is 2. The zero-order valence-corrected chi connectivity index (χ0v) is 23.9. The van der Waals surface area contributed by atoms with Crippen molar-refractivity contribution in [3.05, 3.63) is 58.7 Å². The Morgan fingerprint density at radius 3 is 1.09 bits per heavy atom. The highest BCUT2D eigenvalue weighted by Gasteiger charge is 2.46. The van der Waals surface area contributed by atoms with Gasteiger partial charge in [-0.05, 0) is 59.8 Å². The molecule has 0 amide bonds. The van der Waals surface area contributed by atoms with Crippen LogP contribution in [-0.2, 0) is 0 Å². The second-order valence-corrected chi connectivity index (χ2v) is 12.3. The maximum atomic E-state index is 2.62. The average molecular weight is 460 g/mol. The van der Waals surface area contributed by atoms with Gasteiger partial charge in [-0.15, -0.1) is 0 Å². The summed E-state index contributed by atoms with van der Waals surface area (Å²) in [5.74, 6) is 1.89. The minimum atomic E-state index is 0.0887. The number of rotatable bonds is 6. The summed E-state index contributed by atoms with van der Waals surface area (Å²) in [4.78, 5) is 5.23. The van der Waals surface area contributed by atoms with E-state index in [4.69, 9.17) is 0 Å². The first kappa shape index (κ1) is 26.7. The second-order valence-electron chi connectivity index (χ2n) is 12.3. The molecule has 1 aliphatic heterocycles. The van der Waals surface area contributed by atoms with Gasteiger partial charge >= 0.3 is 7.55 Å². The van der Waals surface area contributed by atoms with Gasteiger partial charge in [0.25, 0.3) is 0 Å². The Hall–Kier alpha value is -1.90. The van der Waals surface area contributed by atoms with E-state index >= 15 is 0 Å². The minimum absolute atomic E-state index is 0.0887. The van der Waals surface area contributed by atoms with Gasteiger partial charge in [0.15, 0.2) is 0 Å². The summed E-state index contributed by atoms with van der Waals surface area (Å²) in [6.07, 6.45) is 0. The SMILES string of the molecule is CC(C)c1cccc(C(C)C)c1N1[B]N(c2c(C(C)C)cccc2C(C)C)[C@@H](C)C(C)(C)[C@@H]1C. The fourth-order valence-corrected chi connectivity index (χ4v) is 5.52. The third kappa shape index (κ3) is 4.64. The molecular formula is C31H48BN2. The van der Waals surface area contributed by atoms with Crippen LogP contribution in [-0.4, -0.2) is 19.6 Å². The first-order valence-corrected chi connectivity index (χ1v) is 13.5. The molecule has 0 spiro atoms. The molecule has 1 fully saturated rings. The number of anilines is 2. The van der Waals surface area contributed by atoms with E-state index in [0.29, 0.717) is 35.8 Å². The lowest BCUT2D eigenvalue weighted by molar-refractivity contribution is 0.241. The van der Waals surface area contributed by atoms with Crippen molar-refractivity contribution < 1.29 is 0 Å². The molecule has 2 aromatic rings. The molecule has 0 aliphatic carbocycles. The van der Waals surface area contributed by atoms with E-state index in [1.807, 2.05) is 0 Å². The normalized spacial score (nSPS) is 20.6. The van der Waals surface area contributed by atoms with Crippen LogP contribution in [0.25, 0.3) is 0 Å². The maximum absolute atomic E-state index is 2.62. The van der Waals surface area contributed by atoms with Gasteiger partial charge in [0.2, 0.25) is 0 Å². The largest absolute Gasteiger partial charge is 0.395 e. The standard InChI is InChI=1S/C31H48BN2/c1-19(2)25-15-13-16-26(20(3)4)29(25)33-23(9)31(11,12)24(10)34(32-33)30-27(21(5)6)17-14-18-28(30)22(7)8/h13-24H,1-12H3/t23-,24-/m0/s1. The molecule has 2 aromatic carbocycles. The Bertz CT molecular complexity index is 859. The van der Waals surface area contributed by atoms with Crippen LogP contribution in [0, 0.1) is 5.41 Å². The molecule has 1 saturated heterocycles. The molecular weight excluding hydrogens is 411 g/mol. The van der Waals surface area contributed by atoms with E-state index in [2.05, 4.69) is 137 Å². The lowest BCUT2D eigenvalue weighted by Gasteiger charge is -2.57. The second kappa shape index (κ2) is 10.00. The van der Waals surface area contributed by atoms with Gasteiger partial charge in [-0.2, -0.15) is 0 Å². The molecule has 0 bridgehead atoms. The summed E-state index contributed by atoms with van der Waals surface area (Å²) in [6.45, 7) is 28.4. The van der Waals surface area contributed by atoms with Crippen LogP contribution < -0.4 is 9.62 Å². The predicted octanol–water partition coefficient (Wildman–Crippen LogP) is 8.84. The highest BCUT2D eigenvalue weighted by Crippen LogP contribution is 2.47. The Morgan fingerprint density at radius 1 is 0.588 bits per heavy atom. The van der Waals surface area contributed by atoms with Gasteiger partial charge in [-0.3, -0.25) is 0 Å². The molecule has 1 heterocycles. The zero-order chi connectivity index (χ0) is 25.5. The molecule has 34 heavy (non-hydrogen) atoms. The Labute approximate surface area is 211 Å². The van der Waals surface area contributed by atoms with E-state index in [-0.39, 0.29) is 5.41 Å². The van der Waals surface area contributed by atoms with Crippen LogP contribution in [0.4, 0.5) is 11.4 Å². The first-order chi connectivity index (χ1) is 15.8. The monoisotopic (exact) mass is 459 g/mol. The lowest BCUT2D eigenvalue weighted by atomic mass is 9.68. The molecule has 3 rings (SSSR count). The van der Waals surface area contributed by atoms with Gasteiger partial charge in [0, 0.05) is 28.9 Å². The summed E-state index contributed by atoms with van der Waals surface area (Å²) in [5.41, 5.74) is 8.70. The van der Waals surface area contributed by atoms with Crippen LogP contribution >= 0.6 is 0 Å². The van der Waals surface area contributed by atoms with Crippen molar-refractivity contribution in [3.63, 3.8) is 0 Å². The van der Waals surface area contributed by atoms with Crippen molar-refractivity contribution in [3.8, 4) is 0 Å². The summed E-state index contributed by atoms with van der Waals surface area (Å²) >= 11 is 0. The van der Waals surface area contributed by atoms with Crippen LogP contribution in [0.5, 0.6) is 0 Å². The molecule has 185 valence electrons. The zero-order valence-electron chi connectivity index (χ0n) is 23.9. The average Bonchev–Trinajstić information content (AvgIpc) is 2.77. The molecule has 3 heteroatoms. The third-order valence-electron chi connectivity index (χ3n) is 8.44. The van der Waals surface area contributed by atoms with Crippen LogP contribution in [0.3, 0.4) is 0 Å². The fraction of sp³-hybridized carbons (Fsp3) is 0.613. The fourth-order valence-electron chi connectivity index (χ4n) is 5.52. The van der Waals surface area contributed by atoms with Crippen LogP contribution in [0.15, 0.2) is 36.4 Å². The van der Waals surface area contributed by atoms with E-state index in [1.165, 1.54) is 33.6 Å². The molecule has 0 aromatic heterocycles. The maximum Gasteiger partial charge on any atom is 0.391 e. The topological polar surface area (TPSA) is 6.48 Å². The number of hydrogen-bond acceptors (Lipinski definition) is 2. The molecule has 0 N–H and O–H groups in total. The van der Waals surface area contributed by atoms with Crippen LogP contribution in [0.2, 0.25) is 0 Å². The van der Waals surface area contributed by atoms with Gasteiger partial charge in [0.1, 0.15) is 0 Å². The third-order valence-corrected chi connectivity index (χ3v) is 8.44. The molecule has 1 radical (unpaired) electrons. The van der Waals surface area contributed by atoms with Gasteiger partial charge in [-0.25, -0.2) is 0 Å². The van der Waals surface area contributed by atoms with Gasteiger partial charge in [0.05, 0.1) is 0 Å². The van der Waals surface area contributed by atoms with E-state index in [9.17, 15) is 0 Å². The van der Waals surface area contributed by atoms with E-state index < -0.39 is 0 Å². The quantitative estimate of drug-likeness (QED) is 0.398. The van der Waals surface area contributed by atoms with Crippen molar-refractivity contribution >= 4 is 18.9 Å². The molecule has 2 nitrogen and oxygen atoms in total. The van der Waals surface area contributed by atoms with E-state index in [1.54, 1.807) is 0 Å². The van der Waals surface area contributed by atoms with E-state index in [0.717, 1.165) is 0 Å². The highest BCUT2D eigenvalue weighted by atomic mass is 15.3. The summed E-state index contributed by atoms with van der Waals surface area (Å²) in [5, 5.41) is 0. The van der Waals surface area contributed by atoms with Crippen molar-refractivity contribution in [2.75, 3.05) is 9.62 Å². The van der Waals surface area contributed by atoms with Crippen LogP contribution in [0.1, 0.15) is 129 Å². The van der Waals surface area contributed by atoms with Crippen molar-refractivity contribution in [1.29, 1.82) is 0 Å². The summed E-state index contributed by atoms with van der Waals surface area (Å²) < 4.78 is 0. The Morgan fingerprint density at radius 2 is 0.853 bits per heavy atom. The van der Waals surface area contributed by atoms with Crippen molar-refractivity contribution in [1.82, 2.24) is 0 Å².